The number of carbonyl (C=O) groups excluding carboxylic acids is 1. The Bertz CT molecular complexity index is 1280. The average Bonchev–Trinajstić information content (AvgIpc) is 3.30. The summed E-state index contributed by atoms with van der Waals surface area (Å²) in [5.74, 6) is -0.549. The van der Waals surface area contributed by atoms with Gasteiger partial charge in [-0.05, 0) is 56.0 Å². The largest absolute Gasteiger partial charge is 0.298 e. The zero-order valence-corrected chi connectivity index (χ0v) is 20.1. The van der Waals surface area contributed by atoms with Crippen molar-refractivity contribution in [2.24, 2.45) is 0 Å². The molecule has 1 aliphatic carbocycles. The zero-order valence-electron chi connectivity index (χ0n) is 17.0. The Morgan fingerprint density at radius 1 is 1.10 bits per heavy atom. The van der Waals surface area contributed by atoms with Gasteiger partial charge in [0.15, 0.2) is 5.13 Å². The predicted molar refractivity (Wildman–Crippen MR) is 126 cm³/mol. The average molecular weight is 498 g/mol. The van der Waals surface area contributed by atoms with Crippen molar-refractivity contribution < 1.29 is 13.2 Å². The second kappa shape index (κ2) is 8.67. The number of benzene rings is 2. The number of aryl methyl sites for hydroxylation is 2. The molecule has 2 N–H and O–H groups in total. The molecule has 0 spiro atoms. The van der Waals surface area contributed by atoms with Crippen LogP contribution in [0.1, 0.15) is 47.2 Å². The van der Waals surface area contributed by atoms with Crippen LogP contribution in [0.4, 0.5) is 5.13 Å². The molecule has 0 aliphatic heterocycles. The smallest absolute Gasteiger partial charge is 0.259 e. The molecule has 6 nitrogen and oxygen atoms in total. The van der Waals surface area contributed by atoms with Crippen molar-refractivity contribution in [1.29, 1.82) is 0 Å². The van der Waals surface area contributed by atoms with Crippen molar-refractivity contribution in [1.82, 2.24) is 9.71 Å². The molecule has 1 amide bonds. The number of amides is 1. The molecule has 1 heterocycles. The first-order valence-corrected chi connectivity index (χ1v) is 12.9. The molecular formula is C21H21Cl2N3O3S2. The highest BCUT2D eigenvalue weighted by Gasteiger charge is 2.27. The highest BCUT2D eigenvalue weighted by atomic mass is 35.5. The fraction of sp³-hybridized carbons (Fsp3) is 0.333. The van der Waals surface area contributed by atoms with Crippen molar-refractivity contribution in [3.8, 4) is 0 Å². The number of nitrogens with zero attached hydrogens (tertiary/aromatic N) is 1. The van der Waals surface area contributed by atoms with Crippen molar-refractivity contribution in [3.05, 3.63) is 51.0 Å². The maximum Gasteiger partial charge on any atom is 0.259 e. The Hall–Kier alpha value is -1.71. The van der Waals surface area contributed by atoms with Crippen molar-refractivity contribution in [3.63, 3.8) is 0 Å². The number of aromatic nitrogens is 1. The molecule has 0 atom stereocenters. The summed E-state index contributed by atoms with van der Waals surface area (Å²) in [5, 5.41) is 3.18. The summed E-state index contributed by atoms with van der Waals surface area (Å²) in [7, 11) is -3.88. The Labute approximate surface area is 195 Å². The van der Waals surface area contributed by atoms with Gasteiger partial charge in [0, 0.05) is 6.04 Å². The molecule has 1 aliphatic rings. The first-order valence-electron chi connectivity index (χ1n) is 9.84. The lowest BCUT2D eigenvalue weighted by molar-refractivity contribution is 0.102. The quantitative estimate of drug-likeness (QED) is 0.473. The van der Waals surface area contributed by atoms with Gasteiger partial charge in [-0.15, -0.1) is 0 Å². The van der Waals surface area contributed by atoms with E-state index in [1.54, 1.807) is 0 Å². The van der Waals surface area contributed by atoms with Crippen LogP contribution in [-0.2, 0) is 10.0 Å². The molecule has 1 saturated carbocycles. The number of rotatable bonds is 5. The molecule has 2 aromatic carbocycles. The van der Waals surface area contributed by atoms with Gasteiger partial charge in [0.2, 0.25) is 10.0 Å². The minimum Gasteiger partial charge on any atom is -0.298 e. The molecule has 4 rings (SSSR count). The molecule has 1 fully saturated rings. The summed E-state index contributed by atoms with van der Waals surface area (Å²) < 4.78 is 29.4. The van der Waals surface area contributed by atoms with E-state index in [9.17, 15) is 13.2 Å². The van der Waals surface area contributed by atoms with Crippen molar-refractivity contribution in [2.45, 2.75) is 50.5 Å². The van der Waals surface area contributed by atoms with Crippen LogP contribution in [0.25, 0.3) is 10.2 Å². The molecule has 31 heavy (non-hydrogen) atoms. The monoisotopic (exact) mass is 497 g/mol. The van der Waals surface area contributed by atoms with Crippen LogP contribution >= 0.6 is 34.5 Å². The third kappa shape index (κ3) is 4.73. The lowest BCUT2D eigenvalue weighted by Crippen LogP contribution is -2.33. The van der Waals surface area contributed by atoms with Gasteiger partial charge >= 0.3 is 0 Å². The molecule has 0 bridgehead atoms. The van der Waals surface area contributed by atoms with Crippen LogP contribution in [0.15, 0.2) is 29.2 Å². The zero-order chi connectivity index (χ0) is 22.3. The molecular weight excluding hydrogens is 477 g/mol. The van der Waals surface area contributed by atoms with Gasteiger partial charge in [0.05, 0.1) is 25.8 Å². The molecule has 0 saturated heterocycles. The number of halogens is 2. The van der Waals surface area contributed by atoms with E-state index in [2.05, 4.69) is 15.0 Å². The van der Waals surface area contributed by atoms with Gasteiger partial charge in [0.1, 0.15) is 4.90 Å². The summed E-state index contributed by atoms with van der Waals surface area (Å²) in [6.07, 6.45) is 3.54. The summed E-state index contributed by atoms with van der Waals surface area (Å²) in [5.41, 5.74) is 2.96. The van der Waals surface area contributed by atoms with Gasteiger partial charge < -0.3 is 0 Å². The van der Waals surface area contributed by atoms with Crippen LogP contribution < -0.4 is 10.0 Å². The second-order valence-corrected chi connectivity index (χ2v) is 11.3. The normalized spacial score (nSPS) is 15.0. The number of fused-ring (bicyclic) bond motifs is 1. The lowest BCUT2D eigenvalue weighted by Gasteiger charge is -2.15. The number of anilines is 1. The van der Waals surface area contributed by atoms with E-state index in [1.165, 1.54) is 23.5 Å². The van der Waals surface area contributed by atoms with Gasteiger partial charge in [0.25, 0.3) is 5.91 Å². The van der Waals surface area contributed by atoms with E-state index in [0.717, 1.165) is 47.0 Å². The maximum absolute atomic E-state index is 12.9. The molecule has 0 unspecified atom stereocenters. The van der Waals surface area contributed by atoms with E-state index >= 15 is 0 Å². The molecule has 3 aromatic rings. The van der Waals surface area contributed by atoms with Crippen LogP contribution in [0.3, 0.4) is 0 Å². The fourth-order valence-corrected chi connectivity index (χ4v) is 7.03. The summed E-state index contributed by atoms with van der Waals surface area (Å²) >= 11 is 13.8. The van der Waals surface area contributed by atoms with Gasteiger partial charge in [-0.2, -0.15) is 0 Å². The van der Waals surface area contributed by atoms with Gasteiger partial charge in [-0.25, -0.2) is 18.1 Å². The van der Waals surface area contributed by atoms with Crippen LogP contribution in [0.5, 0.6) is 0 Å². The third-order valence-electron chi connectivity index (χ3n) is 5.28. The van der Waals surface area contributed by atoms with Crippen LogP contribution in [0.2, 0.25) is 10.0 Å². The summed E-state index contributed by atoms with van der Waals surface area (Å²) in [6.45, 7) is 3.96. The van der Waals surface area contributed by atoms with E-state index in [0.29, 0.717) is 5.13 Å². The first kappa shape index (κ1) is 22.5. The number of hydrogen-bond acceptors (Lipinski definition) is 5. The lowest BCUT2D eigenvalue weighted by atomic mass is 10.1. The second-order valence-electron chi connectivity index (χ2n) is 7.77. The van der Waals surface area contributed by atoms with Gasteiger partial charge in [-0.3, -0.25) is 10.1 Å². The number of thiazole rings is 1. The van der Waals surface area contributed by atoms with Crippen molar-refractivity contribution >= 4 is 65.8 Å². The fourth-order valence-electron chi connectivity index (χ4n) is 3.82. The van der Waals surface area contributed by atoms with E-state index in [-0.39, 0.29) is 26.5 Å². The Morgan fingerprint density at radius 3 is 2.52 bits per heavy atom. The maximum atomic E-state index is 12.9. The molecule has 164 valence electrons. The SMILES string of the molecule is Cc1cc(C)c2nc(NC(=O)c3cc(S(=O)(=O)NC4CCCC4)c(Cl)cc3Cl)sc2c1. The van der Waals surface area contributed by atoms with Crippen LogP contribution in [0, 0.1) is 13.8 Å². The Balaban J connectivity index is 1.64. The molecule has 1 aromatic heterocycles. The standard InChI is InChI=1S/C21H21Cl2N3O3S2/c1-11-7-12(2)19-17(8-11)30-21(24-19)25-20(27)14-9-18(16(23)10-15(14)22)31(28,29)26-13-5-3-4-6-13/h7-10,13,26H,3-6H2,1-2H3,(H,24,25,27). The minimum absolute atomic E-state index is 0.0185. The highest BCUT2D eigenvalue weighted by Crippen LogP contribution is 2.32. The highest BCUT2D eigenvalue weighted by molar-refractivity contribution is 7.89. The number of hydrogen-bond donors (Lipinski definition) is 2. The number of carbonyl (C=O) groups is 1. The predicted octanol–water partition coefficient (Wildman–Crippen LogP) is 5.69. The van der Waals surface area contributed by atoms with Gasteiger partial charge in [-0.1, -0.05) is 53.4 Å². The molecule has 0 radical (unpaired) electrons. The topological polar surface area (TPSA) is 88.2 Å². The number of nitrogens with one attached hydrogen (secondary N) is 2. The first-order chi connectivity index (χ1) is 14.6. The third-order valence-corrected chi connectivity index (χ3v) is 8.50. The summed E-state index contributed by atoms with van der Waals surface area (Å²) in [6, 6.07) is 6.42. The van der Waals surface area contributed by atoms with E-state index in [4.69, 9.17) is 23.2 Å². The Morgan fingerprint density at radius 2 is 1.81 bits per heavy atom. The van der Waals surface area contributed by atoms with E-state index in [1.807, 2.05) is 26.0 Å². The van der Waals surface area contributed by atoms with Crippen molar-refractivity contribution in [2.75, 3.05) is 5.32 Å². The Kier molecular flexibility index (Phi) is 6.29. The summed E-state index contributed by atoms with van der Waals surface area (Å²) in [4.78, 5) is 17.2. The van der Waals surface area contributed by atoms with E-state index < -0.39 is 15.9 Å². The molecule has 10 heteroatoms. The minimum atomic E-state index is -3.88. The van der Waals surface area contributed by atoms with Crippen LogP contribution in [-0.4, -0.2) is 25.4 Å². The number of sulfonamides is 1.